The van der Waals surface area contributed by atoms with Crippen LogP contribution in [0.15, 0.2) is 11.6 Å². The Balaban J connectivity index is 1.66. The molecule has 0 unspecified atom stereocenters. The quantitative estimate of drug-likeness (QED) is 0.445. The molecule has 2 aliphatic heterocycles. The van der Waals surface area contributed by atoms with Gasteiger partial charge in [0.15, 0.2) is 0 Å². The largest absolute Gasteiger partial charge is 0.369 e. The molecule has 3 amide bonds. The van der Waals surface area contributed by atoms with E-state index in [2.05, 4.69) is 44.4 Å². The van der Waals surface area contributed by atoms with Gasteiger partial charge in [0.25, 0.3) is 0 Å². The van der Waals surface area contributed by atoms with Gasteiger partial charge in [0, 0.05) is 12.0 Å². The van der Waals surface area contributed by atoms with Crippen molar-refractivity contribution in [2.24, 2.45) is 23.5 Å². The fourth-order valence-electron chi connectivity index (χ4n) is 5.28. The molecule has 0 aromatic carbocycles. The molecule has 2 saturated heterocycles. The fourth-order valence-corrected chi connectivity index (χ4v) is 5.28. The van der Waals surface area contributed by atoms with Gasteiger partial charge in [-0.1, -0.05) is 32.4 Å². The zero-order valence-corrected chi connectivity index (χ0v) is 18.6. The topological polar surface area (TPSA) is 109 Å². The lowest BCUT2D eigenvalue weighted by Gasteiger charge is -2.43. The Hall–Kier alpha value is -1.60. The van der Waals surface area contributed by atoms with E-state index >= 15 is 0 Å². The highest BCUT2D eigenvalue weighted by atomic mass is 16.6. The molecule has 7 heteroatoms. The molecule has 7 nitrogen and oxygen atoms in total. The molecule has 3 aliphatic rings. The van der Waals surface area contributed by atoms with Gasteiger partial charge in [-0.25, -0.2) is 4.79 Å². The van der Waals surface area contributed by atoms with Crippen molar-refractivity contribution >= 4 is 11.9 Å². The number of primary amides is 1. The highest BCUT2D eigenvalue weighted by molar-refractivity contribution is 5.86. The molecule has 0 aromatic rings. The lowest BCUT2D eigenvalue weighted by molar-refractivity contribution is -0.120. The Morgan fingerprint density at radius 1 is 1.31 bits per heavy atom. The number of rotatable bonds is 7. The van der Waals surface area contributed by atoms with Crippen molar-refractivity contribution < 1.29 is 19.1 Å². The summed E-state index contributed by atoms with van der Waals surface area (Å²) in [5, 5.41) is 5.82. The number of hydrogen-bond acceptors (Lipinski definition) is 4. The summed E-state index contributed by atoms with van der Waals surface area (Å²) in [5.41, 5.74) is 6.37. The summed E-state index contributed by atoms with van der Waals surface area (Å²) in [6, 6.07) is -1.02. The lowest BCUT2D eigenvalue weighted by Crippen LogP contribution is -2.58. The summed E-state index contributed by atoms with van der Waals surface area (Å²) in [4.78, 5) is 24.2. The van der Waals surface area contributed by atoms with Gasteiger partial charge < -0.3 is 25.8 Å². The Morgan fingerprint density at radius 2 is 1.97 bits per heavy atom. The van der Waals surface area contributed by atoms with Gasteiger partial charge in [0.2, 0.25) is 5.91 Å². The number of carbonyl (C=O) groups is 2. The molecule has 1 spiro atoms. The van der Waals surface area contributed by atoms with E-state index in [4.69, 9.17) is 15.2 Å². The maximum Gasteiger partial charge on any atom is 0.315 e. The van der Waals surface area contributed by atoms with Crippen LogP contribution in [-0.2, 0) is 14.3 Å². The summed E-state index contributed by atoms with van der Waals surface area (Å²) < 4.78 is 12.2. The zero-order valence-electron chi connectivity index (χ0n) is 18.6. The second kappa shape index (κ2) is 7.91. The average molecular weight is 408 g/mol. The highest BCUT2D eigenvalue weighted by Crippen LogP contribution is 2.60. The number of carbonyl (C=O) groups excluding carboxylic acids is 2. The van der Waals surface area contributed by atoms with Crippen molar-refractivity contribution in [3.8, 4) is 0 Å². The van der Waals surface area contributed by atoms with E-state index in [0.29, 0.717) is 0 Å². The van der Waals surface area contributed by atoms with Crippen LogP contribution in [0.5, 0.6) is 0 Å². The Bertz CT molecular complexity index is 684. The summed E-state index contributed by atoms with van der Waals surface area (Å²) in [6.07, 6.45) is 5.08. The number of allylic oxidation sites excluding steroid dienone is 1. The van der Waals surface area contributed by atoms with Gasteiger partial charge in [-0.05, 0) is 51.9 Å². The molecule has 2 heterocycles. The molecule has 4 N–H and O–H groups in total. The van der Waals surface area contributed by atoms with Gasteiger partial charge in [-0.15, -0.1) is 0 Å². The van der Waals surface area contributed by atoms with Gasteiger partial charge in [0.05, 0.1) is 23.9 Å². The molecule has 0 bridgehead atoms. The van der Waals surface area contributed by atoms with E-state index < -0.39 is 11.9 Å². The predicted molar refractivity (Wildman–Crippen MR) is 111 cm³/mol. The standard InChI is InChI=1S/C22H37N3O4/c1-12(2)7-8-16-21(6,29-16)18-14(5)15(9-10-22(18)11-28-22)24-20(27)25-17(13(3)4)19(23)26/h7,13-18H,8-11H2,1-6H3,(H2,23,26)(H2,24,25,27)/t14-,15-,16-,17-,18-,21+,22+/m1/s1. The van der Waals surface area contributed by atoms with Crippen LogP contribution in [0.1, 0.15) is 60.8 Å². The maximum absolute atomic E-state index is 12.6. The predicted octanol–water partition coefficient (Wildman–Crippen LogP) is 2.49. The molecule has 1 aliphatic carbocycles. The van der Waals surface area contributed by atoms with Crippen LogP contribution in [0.25, 0.3) is 0 Å². The fraction of sp³-hybridized carbons (Fsp3) is 0.818. The highest BCUT2D eigenvalue weighted by Gasteiger charge is 2.70. The summed E-state index contributed by atoms with van der Waals surface area (Å²) in [5.74, 6) is -0.157. The van der Waals surface area contributed by atoms with Crippen LogP contribution in [0.4, 0.5) is 4.79 Å². The number of epoxide rings is 2. The minimum absolute atomic E-state index is 0.000595. The Kier molecular flexibility index (Phi) is 6.03. The van der Waals surface area contributed by atoms with Crippen LogP contribution in [0, 0.1) is 17.8 Å². The summed E-state index contributed by atoms with van der Waals surface area (Å²) in [7, 11) is 0. The van der Waals surface area contributed by atoms with Crippen molar-refractivity contribution in [1.29, 1.82) is 0 Å². The molecule has 7 atom stereocenters. The van der Waals surface area contributed by atoms with Crippen molar-refractivity contribution in [2.45, 2.75) is 90.2 Å². The third-order valence-corrected chi connectivity index (χ3v) is 7.03. The molecule has 3 rings (SSSR count). The Labute approximate surface area is 174 Å². The van der Waals surface area contributed by atoms with Gasteiger partial charge in [-0.2, -0.15) is 0 Å². The van der Waals surface area contributed by atoms with Crippen LogP contribution < -0.4 is 16.4 Å². The number of nitrogens with one attached hydrogen (secondary N) is 2. The minimum Gasteiger partial charge on any atom is -0.369 e. The maximum atomic E-state index is 12.6. The molecular weight excluding hydrogens is 370 g/mol. The molecule has 164 valence electrons. The SMILES string of the molecule is CC(C)=CC[C@H]1O[C@]1(C)[C@H]1[C@H](C)[C@H](NC(=O)N[C@@H](C(N)=O)C(C)C)CC[C@]12CO2. The second-order valence-electron chi connectivity index (χ2n) is 9.88. The van der Waals surface area contributed by atoms with Crippen molar-refractivity contribution in [3.05, 3.63) is 11.6 Å². The van der Waals surface area contributed by atoms with E-state index in [1.807, 2.05) is 13.8 Å². The lowest BCUT2D eigenvalue weighted by atomic mass is 9.64. The molecule has 0 aromatic heterocycles. The van der Waals surface area contributed by atoms with E-state index in [1.165, 1.54) is 5.57 Å². The first-order chi connectivity index (χ1) is 13.5. The molecule has 1 saturated carbocycles. The third-order valence-electron chi connectivity index (χ3n) is 7.03. The Morgan fingerprint density at radius 3 is 2.48 bits per heavy atom. The molecule has 0 radical (unpaired) electrons. The number of nitrogens with two attached hydrogens (primary N) is 1. The molecular formula is C22H37N3O4. The summed E-state index contributed by atoms with van der Waals surface area (Å²) in [6.45, 7) is 13.1. The number of amides is 3. The van der Waals surface area contributed by atoms with E-state index in [-0.39, 0.29) is 47.1 Å². The number of ether oxygens (including phenoxy) is 2. The number of hydrogen-bond donors (Lipinski definition) is 3. The van der Waals surface area contributed by atoms with Gasteiger partial charge in [0.1, 0.15) is 6.04 Å². The van der Waals surface area contributed by atoms with Gasteiger partial charge in [-0.3, -0.25) is 4.79 Å². The van der Waals surface area contributed by atoms with E-state index in [9.17, 15) is 9.59 Å². The van der Waals surface area contributed by atoms with Crippen LogP contribution in [0.2, 0.25) is 0 Å². The normalized spacial score (nSPS) is 39.0. The van der Waals surface area contributed by atoms with Crippen LogP contribution in [-0.4, -0.2) is 47.9 Å². The monoisotopic (exact) mass is 407 g/mol. The zero-order chi connectivity index (χ0) is 21.6. The summed E-state index contributed by atoms with van der Waals surface area (Å²) >= 11 is 0. The first-order valence-corrected chi connectivity index (χ1v) is 10.8. The molecule has 29 heavy (non-hydrogen) atoms. The van der Waals surface area contributed by atoms with Crippen molar-refractivity contribution in [2.75, 3.05) is 6.61 Å². The van der Waals surface area contributed by atoms with E-state index in [1.54, 1.807) is 0 Å². The van der Waals surface area contributed by atoms with Crippen molar-refractivity contribution in [3.63, 3.8) is 0 Å². The minimum atomic E-state index is -0.680. The first kappa shape index (κ1) is 22.1. The smallest absolute Gasteiger partial charge is 0.315 e. The van der Waals surface area contributed by atoms with Crippen LogP contribution in [0.3, 0.4) is 0 Å². The third kappa shape index (κ3) is 4.45. The van der Waals surface area contributed by atoms with E-state index in [0.717, 1.165) is 25.9 Å². The van der Waals surface area contributed by atoms with Gasteiger partial charge >= 0.3 is 6.03 Å². The molecule has 3 fully saturated rings. The second-order valence-corrected chi connectivity index (χ2v) is 9.88. The number of urea groups is 1. The first-order valence-electron chi connectivity index (χ1n) is 10.8. The average Bonchev–Trinajstić information content (AvgIpc) is 3.51. The van der Waals surface area contributed by atoms with Crippen LogP contribution >= 0.6 is 0 Å². The van der Waals surface area contributed by atoms with Crippen molar-refractivity contribution in [1.82, 2.24) is 10.6 Å².